The number of carbonyl (C=O) groups is 5. The molecule has 3 fully saturated rings. The number of piperidine rings is 2. The number of urea groups is 1. The second-order valence-electron chi connectivity index (χ2n) is 22.2. The Bertz CT molecular complexity index is 3230. The van der Waals surface area contributed by atoms with Gasteiger partial charge in [0.05, 0.1) is 28.1 Å². The summed E-state index contributed by atoms with van der Waals surface area (Å²) < 4.78 is 46.7. The number of piperazine rings is 1. The molecule has 0 saturated carbocycles. The second-order valence-corrected chi connectivity index (χ2v) is 22.2. The zero-order valence-electron chi connectivity index (χ0n) is 46.2. The van der Waals surface area contributed by atoms with E-state index in [4.69, 9.17) is 19.4 Å². The lowest BCUT2D eigenvalue weighted by Gasteiger charge is -2.43. The first-order valence-corrected chi connectivity index (χ1v) is 27.1. The predicted molar refractivity (Wildman–Crippen MR) is 296 cm³/mol. The first kappa shape index (κ1) is 58.6. The molecule has 1 unspecified atom stereocenters. The van der Waals surface area contributed by atoms with E-state index in [1.165, 1.54) is 0 Å². The third kappa shape index (κ3) is 13.5. The topological polar surface area (TPSA) is 189 Å². The molecule has 0 aliphatic carbocycles. The first-order chi connectivity index (χ1) is 38.0. The molecule has 3 aliphatic rings. The molecule has 0 bridgehead atoms. The van der Waals surface area contributed by atoms with Crippen LogP contribution in [0, 0.1) is 6.92 Å². The molecule has 17 nitrogen and oxygen atoms in total. The van der Waals surface area contributed by atoms with Crippen LogP contribution in [0.2, 0.25) is 0 Å². The van der Waals surface area contributed by atoms with Crippen molar-refractivity contribution in [3.63, 3.8) is 0 Å². The molecule has 2 N–H and O–H groups in total. The van der Waals surface area contributed by atoms with Gasteiger partial charge in [0.25, 0.3) is 5.56 Å². The average Bonchev–Trinajstić information content (AvgIpc) is 3.97. The van der Waals surface area contributed by atoms with Gasteiger partial charge in [-0.15, -0.1) is 0 Å². The van der Waals surface area contributed by atoms with E-state index < -0.39 is 35.0 Å². The second kappa shape index (κ2) is 24.8. The van der Waals surface area contributed by atoms with E-state index in [1.54, 1.807) is 20.3 Å². The van der Waals surface area contributed by atoms with E-state index in [0.717, 1.165) is 77.6 Å². The zero-order valence-corrected chi connectivity index (χ0v) is 46.2. The van der Waals surface area contributed by atoms with Gasteiger partial charge >= 0.3 is 30.1 Å². The molecular formula is C60H71F3N8O9. The van der Waals surface area contributed by atoms with Crippen LogP contribution in [0.3, 0.4) is 0 Å². The smallest absolute Gasteiger partial charge is 0.475 e. The van der Waals surface area contributed by atoms with Crippen molar-refractivity contribution >= 4 is 51.7 Å². The van der Waals surface area contributed by atoms with Crippen LogP contribution in [-0.4, -0.2) is 147 Å². The van der Waals surface area contributed by atoms with Crippen molar-refractivity contribution in [1.82, 2.24) is 39.3 Å². The van der Waals surface area contributed by atoms with E-state index in [-0.39, 0.29) is 49.3 Å². The zero-order chi connectivity index (χ0) is 57.5. The van der Waals surface area contributed by atoms with Crippen molar-refractivity contribution in [2.75, 3.05) is 59.4 Å². The van der Waals surface area contributed by atoms with E-state index >= 15 is 0 Å². The number of alkyl halides is 3. The number of benzene rings is 4. The number of rotatable bonds is 14. The minimum absolute atomic E-state index is 0.0592. The molecule has 20 heteroatoms. The Labute approximate surface area is 463 Å². The Balaban J connectivity index is 0.00000113. The highest BCUT2D eigenvalue weighted by molar-refractivity contribution is 5.89. The number of aryl methyl sites for hydroxylation is 1. The monoisotopic (exact) mass is 1100 g/mol. The van der Waals surface area contributed by atoms with Crippen molar-refractivity contribution in [1.29, 1.82) is 0 Å². The van der Waals surface area contributed by atoms with Crippen LogP contribution >= 0.6 is 0 Å². The third-order valence-corrected chi connectivity index (χ3v) is 16.0. The maximum absolute atomic E-state index is 14.7. The fourth-order valence-corrected chi connectivity index (χ4v) is 11.0. The number of hydrogen-bond acceptors (Lipinski definition) is 11. The van der Waals surface area contributed by atoms with Crippen molar-refractivity contribution in [2.45, 2.75) is 115 Å². The normalized spacial score (nSPS) is 16.7. The van der Waals surface area contributed by atoms with Crippen molar-refractivity contribution in [2.24, 2.45) is 0 Å². The van der Waals surface area contributed by atoms with Crippen LogP contribution in [0.5, 0.6) is 0 Å². The van der Waals surface area contributed by atoms with E-state index in [1.807, 2.05) is 143 Å². The number of pyridine rings is 1. The van der Waals surface area contributed by atoms with Crippen LogP contribution in [0.25, 0.3) is 21.8 Å². The maximum Gasteiger partial charge on any atom is 0.490 e. The number of carboxylic acids is 1. The van der Waals surface area contributed by atoms with Crippen LogP contribution in [-0.2, 0) is 59.4 Å². The number of carbonyl (C=O) groups excluding carboxylic acids is 4. The highest BCUT2D eigenvalue weighted by Gasteiger charge is 2.39. The number of para-hydroxylation sites is 1. The van der Waals surface area contributed by atoms with E-state index in [0.29, 0.717) is 56.1 Å². The molecule has 3 saturated heterocycles. The van der Waals surface area contributed by atoms with Crippen LogP contribution in [0.4, 0.5) is 18.0 Å². The molecule has 3 aliphatic heterocycles. The number of amides is 3. The molecule has 4 aromatic carbocycles. The Morgan fingerprint density at radius 1 is 0.700 bits per heavy atom. The van der Waals surface area contributed by atoms with Gasteiger partial charge in [0.1, 0.15) is 6.04 Å². The highest BCUT2D eigenvalue weighted by Crippen LogP contribution is 2.31. The maximum atomic E-state index is 14.7. The number of halogens is 3. The molecule has 9 rings (SSSR count). The molecule has 80 heavy (non-hydrogen) atoms. The van der Waals surface area contributed by atoms with Gasteiger partial charge in [0.15, 0.2) is 13.5 Å². The number of nitrogens with one attached hydrogen (secondary N) is 1. The summed E-state index contributed by atoms with van der Waals surface area (Å²) in [5, 5.41) is 16.6. The lowest BCUT2D eigenvalue weighted by molar-refractivity contribution is -0.192. The van der Waals surface area contributed by atoms with Crippen molar-refractivity contribution in [3.05, 3.63) is 147 Å². The number of hydrogen-bond donors (Lipinski definition) is 2. The van der Waals surface area contributed by atoms with E-state index in [9.17, 15) is 37.1 Å². The molecule has 0 spiro atoms. The van der Waals surface area contributed by atoms with Crippen LogP contribution in [0.15, 0.2) is 114 Å². The van der Waals surface area contributed by atoms with Crippen LogP contribution < -0.4 is 10.9 Å². The summed E-state index contributed by atoms with van der Waals surface area (Å²) >= 11 is 0. The standard InChI is InChI=1S/C58H70N8O7.C2HF3O2/c1-40-33-41(34-44-37-59-66(51(40)44)39-73-55(70)58(4,5)46-18-11-8-12-19-46)35-49(53(68)63-31-29-62(30-32-63)47-23-25-61(6)26-24-47)60-56(71)64-27-21-42(22-28-64)48-36-43-15-13-14-20-50(43)65(52(48)67)38-72-54(69)57(2,3)45-16-9-7-10-17-45;3-2(4,5)1(6)7/h7-20,33-34,36-37,42,47,49H,21-32,35,38-39H2,1-6H3,(H,60,71);(H,6,7). The number of likely N-dealkylation sites (tertiary alicyclic amines) is 2. The van der Waals surface area contributed by atoms with Crippen molar-refractivity contribution in [3.8, 4) is 0 Å². The lowest BCUT2D eigenvalue weighted by atomic mass is 9.85. The number of carboxylic acid groups (broad SMARTS) is 1. The molecule has 6 aromatic rings. The number of nitrogens with zero attached hydrogens (tertiary/aromatic N) is 7. The van der Waals surface area contributed by atoms with Gasteiger partial charge in [-0.25, -0.2) is 14.3 Å². The molecule has 0 radical (unpaired) electrons. The summed E-state index contributed by atoms with van der Waals surface area (Å²) in [5.41, 5.74) is 3.56. The Kier molecular flexibility index (Phi) is 18.2. The molecule has 5 heterocycles. The number of aromatic nitrogens is 3. The third-order valence-electron chi connectivity index (χ3n) is 16.0. The Morgan fingerprint density at radius 3 is 1.82 bits per heavy atom. The van der Waals surface area contributed by atoms with Crippen molar-refractivity contribution < 1.29 is 51.7 Å². The van der Waals surface area contributed by atoms with Gasteiger partial charge in [-0.05, 0) is 132 Å². The van der Waals surface area contributed by atoms with E-state index in [2.05, 4.69) is 27.3 Å². The quantitative estimate of drug-likeness (QED) is 0.100. The van der Waals surface area contributed by atoms with Gasteiger partial charge in [0.2, 0.25) is 5.91 Å². The summed E-state index contributed by atoms with van der Waals surface area (Å²) in [6.45, 7) is 14.7. The number of fused-ring (bicyclic) bond motifs is 2. The Hall–Kier alpha value is -7.58. The average molecular weight is 1110 g/mol. The van der Waals surface area contributed by atoms with Crippen LogP contribution in [0.1, 0.15) is 87.1 Å². The van der Waals surface area contributed by atoms with Gasteiger partial charge in [-0.1, -0.05) is 84.9 Å². The largest absolute Gasteiger partial charge is 0.490 e. The summed E-state index contributed by atoms with van der Waals surface area (Å²) in [6, 6.07) is 31.9. The molecule has 426 valence electrons. The SMILES string of the molecule is Cc1cc(CC(NC(=O)N2CCC(c3cc4ccccc4n(COC(=O)C(C)(C)c4ccccc4)c3=O)CC2)C(=O)N2CCN(C3CCN(C)CC3)CC2)cc2cnn(COC(=O)C(C)(C)c3ccccc3)c12.O=C(O)C(F)(F)F. The molecule has 1 atom stereocenters. The van der Waals surface area contributed by atoms with Gasteiger partial charge in [0, 0.05) is 62.7 Å². The Morgan fingerprint density at radius 2 is 1.25 bits per heavy atom. The minimum atomic E-state index is -5.08. The molecule has 2 aromatic heterocycles. The predicted octanol–water partition coefficient (Wildman–Crippen LogP) is 7.99. The fourth-order valence-electron chi connectivity index (χ4n) is 11.0. The number of aliphatic carboxylic acids is 1. The lowest BCUT2D eigenvalue weighted by Crippen LogP contribution is -2.59. The first-order valence-electron chi connectivity index (χ1n) is 27.1. The van der Waals surface area contributed by atoms with Gasteiger partial charge in [-0.2, -0.15) is 18.3 Å². The number of ether oxygens (including phenoxy) is 2. The summed E-state index contributed by atoms with van der Waals surface area (Å²) in [5.74, 6) is -3.81. The summed E-state index contributed by atoms with van der Waals surface area (Å²) in [6.07, 6.45) is 0.241. The minimum Gasteiger partial charge on any atom is -0.475 e. The van der Waals surface area contributed by atoms with Gasteiger partial charge < -0.3 is 34.6 Å². The molecular weight excluding hydrogens is 1030 g/mol. The highest BCUT2D eigenvalue weighted by atomic mass is 19.4. The summed E-state index contributed by atoms with van der Waals surface area (Å²) in [7, 11) is 2.17. The molecule has 3 amide bonds. The fraction of sp³-hybridized carbons (Fsp3) is 0.450. The van der Waals surface area contributed by atoms with Gasteiger partial charge in [-0.3, -0.25) is 28.6 Å². The number of esters is 2. The summed E-state index contributed by atoms with van der Waals surface area (Å²) in [4.78, 5) is 87.7.